The van der Waals surface area contributed by atoms with Crippen LogP contribution in [-0.4, -0.2) is 19.0 Å². The van der Waals surface area contributed by atoms with Crippen LogP contribution in [0, 0.1) is 5.92 Å². The molecule has 10 heavy (non-hydrogen) atoms. The third-order valence-corrected chi connectivity index (χ3v) is 1.43. The van der Waals surface area contributed by atoms with Gasteiger partial charge in [-0.3, -0.25) is 0 Å². The van der Waals surface area contributed by atoms with Gasteiger partial charge in [0, 0.05) is 0 Å². The minimum absolute atomic E-state index is 0.0000463. The molecule has 0 aliphatic heterocycles. The van der Waals surface area contributed by atoms with Crippen molar-refractivity contribution in [1.29, 1.82) is 0 Å². The number of nitrogens with one attached hydrogen (secondary N) is 1. The van der Waals surface area contributed by atoms with Crippen LogP contribution in [0.5, 0.6) is 0 Å². The van der Waals surface area contributed by atoms with Crippen molar-refractivity contribution in [3.63, 3.8) is 0 Å². The van der Waals surface area contributed by atoms with Gasteiger partial charge in [-0.2, -0.15) is 0 Å². The monoisotopic (exact) mass is 151 g/mol. The Morgan fingerprint density at radius 1 is 1.30 bits per heavy atom. The summed E-state index contributed by atoms with van der Waals surface area (Å²) in [5, 5.41) is 2.73. The standard InChI is InChI=1S/C7H15F2N/c1-4-10-6(5(2)3)7(8)9/h5-7,10H,4H2,1-3H3. The molecule has 0 rings (SSSR count). The second kappa shape index (κ2) is 4.61. The number of halogens is 2. The number of hydrogen-bond acceptors (Lipinski definition) is 1. The van der Waals surface area contributed by atoms with Crippen LogP contribution in [0.25, 0.3) is 0 Å². The van der Waals surface area contributed by atoms with E-state index in [1.165, 1.54) is 0 Å². The second-order valence-electron chi connectivity index (χ2n) is 2.66. The van der Waals surface area contributed by atoms with E-state index in [-0.39, 0.29) is 5.92 Å². The molecule has 0 amide bonds. The normalized spacial score (nSPS) is 14.7. The third-order valence-electron chi connectivity index (χ3n) is 1.43. The molecular weight excluding hydrogens is 136 g/mol. The quantitative estimate of drug-likeness (QED) is 0.647. The molecule has 3 heteroatoms. The Bertz CT molecular complexity index is 75.7. The summed E-state index contributed by atoms with van der Waals surface area (Å²) in [6, 6.07) is -0.648. The van der Waals surface area contributed by atoms with E-state index < -0.39 is 12.5 Å². The Kier molecular flexibility index (Phi) is 4.52. The predicted octanol–water partition coefficient (Wildman–Crippen LogP) is 1.89. The van der Waals surface area contributed by atoms with E-state index in [0.29, 0.717) is 6.54 Å². The molecule has 1 nitrogen and oxygen atoms in total. The number of hydrogen-bond donors (Lipinski definition) is 1. The molecule has 0 aromatic carbocycles. The molecule has 62 valence electrons. The van der Waals surface area contributed by atoms with E-state index in [2.05, 4.69) is 5.32 Å². The van der Waals surface area contributed by atoms with Gasteiger partial charge in [0.2, 0.25) is 0 Å². The lowest BCUT2D eigenvalue weighted by Gasteiger charge is -2.20. The van der Waals surface area contributed by atoms with Gasteiger partial charge in [-0.05, 0) is 12.5 Å². The highest BCUT2D eigenvalue weighted by Gasteiger charge is 2.21. The van der Waals surface area contributed by atoms with Crippen molar-refractivity contribution in [3.8, 4) is 0 Å². The molecule has 0 spiro atoms. The summed E-state index contributed by atoms with van der Waals surface area (Å²) in [4.78, 5) is 0. The summed E-state index contributed by atoms with van der Waals surface area (Å²) < 4.78 is 24.1. The average Bonchev–Trinajstić information content (AvgIpc) is 1.81. The summed E-state index contributed by atoms with van der Waals surface area (Å²) >= 11 is 0. The van der Waals surface area contributed by atoms with Crippen LogP contribution in [0.4, 0.5) is 8.78 Å². The van der Waals surface area contributed by atoms with Gasteiger partial charge in [0.25, 0.3) is 6.43 Å². The lowest BCUT2D eigenvalue weighted by Crippen LogP contribution is -2.39. The zero-order valence-corrected chi connectivity index (χ0v) is 6.70. The molecule has 0 aliphatic rings. The lowest BCUT2D eigenvalue weighted by molar-refractivity contribution is 0.0777. The van der Waals surface area contributed by atoms with Gasteiger partial charge in [-0.15, -0.1) is 0 Å². The largest absolute Gasteiger partial charge is 0.309 e. The molecule has 0 heterocycles. The third kappa shape index (κ3) is 3.11. The van der Waals surface area contributed by atoms with Crippen molar-refractivity contribution in [2.45, 2.75) is 33.2 Å². The maximum atomic E-state index is 12.1. The summed E-state index contributed by atoms with van der Waals surface area (Å²) in [6.07, 6.45) is -2.25. The smallest absolute Gasteiger partial charge is 0.253 e. The summed E-state index contributed by atoms with van der Waals surface area (Å²) in [6.45, 7) is 6.02. The van der Waals surface area contributed by atoms with Gasteiger partial charge in [0.1, 0.15) is 0 Å². The predicted molar refractivity (Wildman–Crippen MR) is 38.3 cm³/mol. The second-order valence-corrected chi connectivity index (χ2v) is 2.66. The van der Waals surface area contributed by atoms with Gasteiger partial charge >= 0.3 is 0 Å². The Labute approximate surface area is 60.8 Å². The van der Waals surface area contributed by atoms with E-state index in [1.54, 1.807) is 13.8 Å². The molecule has 0 saturated carbocycles. The van der Waals surface area contributed by atoms with Gasteiger partial charge in [0.15, 0.2) is 0 Å². The van der Waals surface area contributed by atoms with E-state index in [0.717, 1.165) is 0 Å². The van der Waals surface area contributed by atoms with E-state index in [9.17, 15) is 8.78 Å². The summed E-state index contributed by atoms with van der Waals surface area (Å²) in [5.74, 6) is -0.0000463. The van der Waals surface area contributed by atoms with Crippen molar-refractivity contribution < 1.29 is 8.78 Å². The van der Waals surface area contributed by atoms with Crippen LogP contribution in [0.3, 0.4) is 0 Å². The molecule has 1 unspecified atom stereocenters. The van der Waals surface area contributed by atoms with Gasteiger partial charge in [-0.1, -0.05) is 20.8 Å². The highest BCUT2D eigenvalue weighted by atomic mass is 19.3. The van der Waals surface area contributed by atoms with Crippen LogP contribution in [-0.2, 0) is 0 Å². The molecule has 0 bridgehead atoms. The molecule has 1 N–H and O–H groups in total. The van der Waals surface area contributed by atoms with Crippen LogP contribution < -0.4 is 5.32 Å². The maximum Gasteiger partial charge on any atom is 0.253 e. The first-order valence-electron chi connectivity index (χ1n) is 3.61. The maximum absolute atomic E-state index is 12.1. The fourth-order valence-corrected chi connectivity index (χ4v) is 0.851. The topological polar surface area (TPSA) is 12.0 Å². The van der Waals surface area contributed by atoms with Crippen LogP contribution in [0.1, 0.15) is 20.8 Å². The Morgan fingerprint density at radius 2 is 1.80 bits per heavy atom. The van der Waals surface area contributed by atoms with Crippen LogP contribution >= 0.6 is 0 Å². The Hall–Kier alpha value is -0.180. The van der Waals surface area contributed by atoms with Crippen molar-refractivity contribution in [3.05, 3.63) is 0 Å². The zero-order chi connectivity index (χ0) is 8.15. The lowest BCUT2D eigenvalue weighted by atomic mass is 10.1. The van der Waals surface area contributed by atoms with E-state index in [1.807, 2.05) is 6.92 Å². The van der Waals surface area contributed by atoms with Gasteiger partial charge in [0.05, 0.1) is 6.04 Å². The molecule has 0 aliphatic carbocycles. The molecular formula is C7H15F2N. The first kappa shape index (κ1) is 9.82. The van der Waals surface area contributed by atoms with E-state index in [4.69, 9.17) is 0 Å². The van der Waals surface area contributed by atoms with E-state index >= 15 is 0 Å². The molecule has 0 aromatic rings. The van der Waals surface area contributed by atoms with Crippen molar-refractivity contribution in [1.82, 2.24) is 5.32 Å². The molecule has 1 atom stereocenters. The van der Waals surface area contributed by atoms with Crippen LogP contribution in [0.2, 0.25) is 0 Å². The summed E-state index contributed by atoms with van der Waals surface area (Å²) in [7, 11) is 0. The fraction of sp³-hybridized carbons (Fsp3) is 1.00. The minimum Gasteiger partial charge on any atom is -0.309 e. The van der Waals surface area contributed by atoms with Gasteiger partial charge in [-0.25, -0.2) is 8.78 Å². The van der Waals surface area contributed by atoms with Crippen molar-refractivity contribution in [2.24, 2.45) is 5.92 Å². The molecule has 0 saturated heterocycles. The summed E-state index contributed by atoms with van der Waals surface area (Å²) in [5.41, 5.74) is 0. The van der Waals surface area contributed by atoms with Crippen molar-refractivity contribution >= 4 is 0 Å². The molecule has 0 aromatic heterocycles. The van der Waals surface area contributed by atoms with Gasteiger partial charge < -0.3 is 5.32 Å². The van der Waals surface area contributed by atoms with Crippen molar-refractivity contribution in [2.75, 3.05) is 6.54 Å². The zero-order valence-electron chi connectivity index (χ0n) is 6.70. The first-order valence-corrected chi connectivity index (χ1v) is 3.61. The average molecular weight is 151 g/mol. The Balaban J connectivity index is 3.73. The van der Waals surface area contributed by atoms with Crippen LogP contribution in [0.15, 0.2) is 0 Å². The number of rotatable bonds is 4. The fourth-order valence-electron chi connectivity index (χ4n) is 0.851. The number of alkyl halides is 2. The SMILES string of the molecule is CCNC(C(C)C)C(F)F. The molecule has 0 fully saturated rings. The minimum atomic E-state index is -2.25. The first-order chi connectivity index (χ1) is 4.59. The molecule has 0 radical (unpaired) electrons. The highest BCUT2D eigenvalue weighted by molar-refractivity contribution is 4.71. The Morgan fingerprint density at radius 3 is 1.90 bits per heavy atom. The highest BCUT2D eigenvalue weighted by Crippen LogP contribution is 2.10.